The third-order valence-corrected chi connectivity index (χ3v) is 5.42. The monoisotopic (exact) mass is 432 g/mol. The van der Waals surface area contributed by atoms with Crippen LogP contribution in [0.4, 0.5) is 3.89 Å². The number of carbonyl (C=O) groups is 3. The fraction of sp³-hybridized carbons (Fsp3) is 0.267. The number of carboxylic acid groups (broad SMARTS) is 1. The number of nitrogens with one attached hydrogen (secondary N) is 1. The Hall–Kier alpha value is -2.80. The molecule has 3 rings (SSSR count). The summed E-state index contributed by atoms with van der Waals surface area (Å²) in [6, 6.07) is 7.46. The van der Waals surface area contributed by atoms with Crippen molar-refractivity contribution in [1.82, 2.24) is 10.2 Å². The quantitative estimate of drug-likeness (QED) is 0.450. The fourth-order valence-electron chi connectivity index (χ4n) is 2.66. The van der Waals surface area contributed by atoms with Gasteiger partial charge in [0.1, 0.15) is 17.2 Å². The van der Waals surface area contributed by atoms with Gasteiger partial charge in [-0.2, -0.15) is 8.42 Å². The molecule has 150 valence electrons. The minimum atomic E-state index is -5.45. The van der Waals surface area contributed by atoms with Crippen molar-refractivity contribution in [3.63, 3.8) is 0 Å². The first-order valence-corrected chi connectivity index (χ1v) is 10.1. The highest BCUT2D eigenvalue weighted by Crippen LogP contribution is 2.41. The van der Waals surface area contributed by atoms with Gasteiger partial charge in [0.2, 0.25) is 0 Å². The van der Waals surface area contributed by atoms with Gasteiger partial charge in [0.15, 0.2) is 18.1 Å². The summed E-state index contributed by atoms with van der Waals surface area (Å²) in [5.74, 6) is -3.61. The molecule has 2 atom stereocenters. The van der Waals surface area contributed by atoms with Crippen LogP contribution < -0.4 is 10.1 Å². The summed E-state index contributed by atoms with van der Waals surface area (Å²) in [5.41, 5.74) is -0.777. The molecule has 2 N–H and O–H groups in total. The SMILES string of the molecule is O=C(COc1ccccc1)NC1C(=O)N2C(C(=O)O)=C(OS(=O)(=O)F)CS[C@H]12. The van der Waals surface area contributed by atoms with Crippen molar-refractivity contribution < 1.29 is 40.7 Å². The molecule has 0 saturated carbocycles. The van der Waals surface area contributed by atoms with E-state index in [0.29, 0.717) is 5.75 Å². The normalized spacial score (nSPS) is 21.5. The Bertz CT molecular complexity index is 950. The summed E-state index contributed by atoms with van der Waals surface area (Å²) in [6.45, 7) is -0.360. The van der Waals surface area contributed by atoms with Crippen LogP contribution in [0, 0.1) is 0 Å². The maximum absolute atomic E-state index is 12.8. The van der Waals surface area contributed by atoms with Gasteiger partial charge in [-0.3, -0.25) is 14.5 Å². The van der Waals surface area contributed by atoms with Crippen LogP contribution >= 0.6 is 11.8 Å². The molecule has 2 heterocycles. The number of rotatable bonds is 7. The molecule has 0 spiro atoms. The van der Waals surface area contributed by atoms with Crippen molar-refractivity contribution in [2.45, 2.75) is 11.4 Å². The lowest BCUT2D eigenvalue weighted by atomic mass is 10.0. The van der Waals surface area contributed by atoms with E-state index < -0.39 is 51.2 Å². The number of aliphatic carboxylic acids is 1. The van der Waals surface area contributed by atoms with Crippen LogP contribution in [0.15, 0.2) is 41.8 Å². The van der Waals surface area contributed by atoms with Gasteiger partial charge < -0.3 is 19.3 Å². The standard InChI is InChI=1S/C15H13FN2O8S2/c16-28(23,24)26-9-7-27-14-11(13(20)18(14)12(9)15(21)22)17-10(19)6-25-8-4-2-1-3-5-8/h1-5,11,14H,6-7H2,(H,17,19)(H,21,22)/t11?,14-/m1/s1. The lowest BCUT2D eigenvalue weighted by molar-refractivity contribution is -0.151. The van der Waals surface area contributed by atoms with E-state index >= 15 is 0 Å². The van der Waals surface area contributed by atoms with E-state index in [0.717, 1.165) is 16.7 Å². The van der Waals surface area contributed by atoms with E-state index in [2.05, 4.69) is 9.50 Å². The molecule has 2 aliphatic heterocycles. The maximum atomic E-state index is 12.8. The lowest BCUT2D eigenvalue weighted by Gasteiger charge is -2.48. The Balaban J connectivity index is 1.66. The van der Waals surface area contributed by atoms with E-state index in [-0.39, 0.29) is 12.4 Å². The molecule has 10 nitrogen and oxygen atoms in total. The van der Waals surface area contributed by atoms with Crippen LogP contribution in [-0.4, -0.2) is 60.0 Å². The lowest BCUT2D eigenvalue weighted by Crippen LogP contribution is -2.70. The fourth-order valence-corrected chi connectivity index (χ4v) is 4.36. The van der Waals surface area contributed by atoms with Crippen LogP contribution in [0.3, 0.4) is 0 Å². The molecule has 2 amide bonds. The van der Waals surface area contributed by atoms with Crippen LogP contribution in [0.5, 0.6) is 5.75 Å². The van der Waals surface area contributed by atoms with Crippen molar-refractivity contribution in [2.75, 3.05) is 12.4 Å². The number of benzene rings is 1. The zero-order chi connectivity index (χ0) is 20.5. The van der Waals surface area contributed by atoms with Gasteiger partial charge in [-0.1, -0.05) is 22.1 Å². The number of amides is 2. The van der Waals surface area contributed by atoms with Crippen LogP contribution in [-0.2, 0) is 29.1 Å². The Morgan fingerprint density at radius 3 is 2.61 bits per heavy atom. The molecule has 13 heteroatoms. The van der Waals surface area contributed by atoms with Gasteiger partial charge in [-0.05, 0) is 12.1 Å². The number of halogens is 1. The number of nitrogens with zero attached hydrogens (tertiary/aromatic N) is 1. The summed E-state index contributed by atoms with van der Waals surface area (Å²) >= 11 is 0.923. The Kier molecular flexibility index (Phi) is 5.47. The number of hydrogen-bond donors (Lipinski definition) is 2. The first-order chi connectivity index (χ1) is 13.2. The molecular weight excluding hydrogens is 419 g/mol. The number of fused-ring (bicyclic) bond motifs is 1. The van der Waals surface area contributed by atoms with E-state index in [1.54, 1.807) is 30.3 Å². The van der Waals surface area contributed by atoms with Crippen molar-refractivity contribution in [2.24, 2.45) is 0 Å². The molecule has 28 heavy (non-hydrogen) atoms. The average molecular weight is 432 g/mol. The van der Waals surface area contributed by atoms with E-state index in [1.165, 1.54) is 0 Å². The highest BCUT2D eigenvalue weighted by molar-refractivity contribution is 8.00. The number of ether oxygens (including phenoxy) is 1. The first-order valence-electron chi connectivity index (χ1n) is 7.70. The Morgan fingerprint density at radius 1 is 1.32 bits per heavy atom. The minimum absolute atomic E-state index is 0.313. The topological polar surface area (TPSA) is 139 Å². The Labute approximate surface area is 162 Å². The second kappa shape index (κ2) is 7.67. The summed E-state index contributed by atoms with van der Waals surface area (Å²) < 4.78 is 43.4. The zero-order valence-corrected chi connectivity index (χ0v) is 15.5. The third-order valence-electron chi connectivity index (χ3n) is 3.77. The summed E-state index contributed by atoms with van der Waals surface area (Å²) in [7, 11) is -5.45. The van der Waals surface area contributed by atoms with E-state index in [9.17, 15) is 31.8 Å². The van der Waals surface area contributed by atoms with E-state index in [1.807, 2.05) is 0 Å². The molecule has 1 saturated heterocycles. The summed E-state index contributed by atoms with van der Waals surface area (Å²) in [6.07, 6.45) is 0. The highest BCUT2D eigenvalue weighted by atomic mass is 32.3. The smallest absolute Gasteiger partial charge is 0.484 e. The van der Waals surface area contributed by atoms with Crippen LogP contribution in [0.2, 0.25) is 0 Å². The van der Waals surface area contributed by atoms with Gasteiger partial charge >= 0.3 is 16.5 Å². The average Bonchev–Trinajstić information content (AvgIpc) is 2.63. The highest BCUT2D eigenvalue weighted by Gasteiger charge is 2.55. The van der Waals surface area contributed by atoms with E-state index in [4.69, 9.17) is 4.74 Å². The predicted molar refractivity (Wildman–Crippen MR) is 92.7 cm³/mol. The molecule has 2 aliphatic rings. The summed E-state index contributed by atoms with van der Waals surface area (Å²) in [5, 5.41) is 10.9. The molecule has 0 bridgehead atoms. The number of carbonyl (C=O) groups excluding carboxylic acids is 2. The third kappa shape index (κ3) is 4.20. The van der Waals surface area contributed by atoms with Crippen molar-refractivity contribution in [3.05, 3.63) is 41.8 Å². The number of β-lactam (4-membered cyclic amide) rings is 1. The zero-order valence-electron chi connectivity index (χ0n) is 13.9. The van der Waals surface area contributed by atoms with Gasteiger partial charge in [0.25, 0.3) is 11.8 Å². The van der Waals surface area contributed by atoms with Crippen molar-refractivity contribution in [3.8, 4) is 5.75 Å². The van der Waals surface area contributed by atoms with Gasteiger partial charge in [0, 0.05) is 0 Å². The number of hydrogen-bond acceptors (Lipinski definition) is 8. The van der Waals surface area contributed by atoms with Crippen molar-refractivity contribution in [1.29, 1.82) is 0 Å². The Morgan fingerprint density at radius 2 is 2.00 bits per heavy atom. The minimum Gasteiger partial charge on any atom is -0.484 e. The van der Waals surface area contributed by atoms with Crippen LogP contribution in [0.1, 0.15) is 0 Å². The first kappa shape index (κ1) is 19.9. The maximum Gasteiger partial charge on any atom is 0.488 e. The van der Waals surface area contributed by atoms with Gasteiger partial charge in [0.05, 0.1) is 5.75 Å². The second-order valence-corrected chi connectivity index (χ2v) is 7.67. The summed E-state index contributed by atoms with van der Waals surface area (Å²) in [4.78, 5) is 36.5. The van der Waals surface area contributed by atoms with Gasteiger partial charge in [-0.15, -0.1) is 11.8 Å². The largest absolute Gasteiger partial charge is 0.488 e. The second-order valence-electron chi connectivity index (χ2n) is 5.61. The molecule has 0 radical (unpaired) electrons. The predicted octanol–water partition coefficient (Wildman–Crippen LogP) is -0.00760. The number of carboxylic acids is 1. The molecule has 0 aromatic heterocycles. The number of thioether (sulfide) groups is 1. The van der Waals surface area contributed by atoms with Crippen LogP contribution in [0.25, 0.3) is 0 Å². The number of para-hydroxylation sites is 1. The molecule has 0 aliphatic carbocycles. The van der Waals surface area contributed by atoms with Gasteiger partial charge in [-0.25, -0.2) is 4.79 Å². The molecule has 1 aromatic carbocycles. The molecular formula is C15H13FN2O8S2. The molecule has 1 aromatic rings. The molecule has 1 unspecified atom stereocenters. The van der Waals surface area contributed by atoms with Crippen molar-refractivity contribution >= 4 is 40.0 Å². The molecule has 1 fully saturated rings.